The maximum Gasteiger partial charge on any atom is 0.254 e. The number of piperidine rings is 1. The number of carbonyl (C=O) groups is 1. The van der Waals surface area contributed by atoms with Gasteiger partial charge in [0.1, 0.15) is 12.1 Å². The first kappa shape index (κ1) is 14.7. The molecule has 1 amide bonds. The standard InChI is InChI=1S/C16H20N4O2/c1-12(21)14-3-2-7-19(10-14)16(22)13-4-5-18-15(9-13)20-8-6-17-11-20/h4-6,8-9,11-12,14,21H,2-3,7,10H2,1H3. The number of amides is 1. The van der Waals surface area contributed by atoms with E-state index in [1.807, 2.05) is 4.90 Å². The van der Waals surface area contributed by atoms with Gasteiger partial charge in [-0.15, -0.1) is 0 Å². The molecule has 2 aromatic rings. The molecule has 2 atom stereocenters. The van der Waals surface area contributed by atoms with Gasteiger partial charge in [-0.2, -0.15) is 0 Å². The molecule has 1 aliphatic rings. The Labute approximate surface area is 129 Å². The number of aromatic nitrogens is 3. The smallest absolute Gasteiger partial charge is 0.254 e. The van der Waals surface area contributed by atoms with E-state index in [2.05, 4.69) is 9.97 Å². The molecule has 0 saturated carbocycles. The van der Waals surface area contributed by atoms with Gasteiger partial charge in [0.15, 0.2) is 0 Å². The van der Waals surface area contributed by atoms with Crippen LogP contribution in [0.2, 0.25) is 0 Å². The van der Waals surface area contributed by atoms with Gasteiger partial charge < -0.3 is 10.0 Å². The number of carbonyl (C=O) groups excluding carboxylic acids is 1. The lowest BCUT2D eigenvalue weighted by molar-refractivity contribution is 0.0466. The van der Waals surface area contributed by atoms with Crippen molar-refractivity contribution in [3.05, 3.63) is 42.6 Å². The predicted octanol–water partition coefficient (Wildman–Crippen LogP) is 1.50. The Balaban J connectivity index is 1.79. The minimum absolute atomic E-state index is 0.00545. The normalized spacial score (nSPS) is 19.9. The van der Waals surface area contributed by atoms with E-state index in [0.717, 1.165) is 19.4 Å². The summed E-state index contributed by atoms with van der Waals surface area (Å²) >= 11 is 0. The molecule has 3 rings (SSSR count). The summed E-state index contributed by atoms with van der Waals surface area (Å²) in [5.74, 6) is 0.828. The number of nitrogens with zero attached hydrogens (tertiary/aromatic N) is 4. The third kappa shape index (κ3) is 3.01. The number of imidazole rings is 1. The highest BCUT2D eigenvalue weighted by atomic mass is 16.3. The molecular formula is C16H20N4O2. The summed E-state index contributed by atoms with van der Waals surface area (Å²) < 4.78 is 1.77. The van der Waals surface area contributed by atoms with Crippen LogP contribution in [0.5, 0.6) is 0 Å². The van der Waals surface area contributed by atoms with E-state index in [9.17, 15) is 9.90 Å². The van der Waals surface area contributed by atoms with Crippen molar-refractivity contribution in [2.24, 2.45) is 5.92 Å². The van der Waals surface area contributed by atoms with Gasteiger partial charge in [0.2, 0.25) is 0 Å². The summed E-state index contributed by atoms with van der Waals surface area (Å²) in [4.78, 5) is 22.8. The average molecular weight is 300 g/mol. The van der Waals surface area contributed by atoms with Crippen LogP contribution in [0.1, 0.15) is 30.1 Å². The summed E-state index contributed by atoms with van der Waals surface area (Å²) in [6, 6.07) is 3.50. The number of aliphatic hydroxyl groups is 1. The second kappa shape index (κ2) is 6.27. The molecule has 3 heterocycles. The molecule has 0 spiro atoms. The van der Waals surface area contributed by atoms with Gasteiger partial charge in [0.05, 0.1) is 6.10 Å². The number of likely N-dealkylation sites (tertiary alicyclic amines) is 1. The zero-order valence-corrected chi connectivity index (χ0v) is 12.6. The molecule has 0 aromatic carbocycles. The molecule has 1 fully saturated rings. The van der Waals surface area contributed by atoms with Crippen LogP contribution in [-0.2, 0) is 0 Å². The van der Waals surface area contributed by atoms with Gasteiger partial charge in [-0.3, -0.25) is 9.36 Å². The highest BCUT2D eigenvalue weighted by Gasteiger charge is 2.27. The van der Waals surface area contributed by atoms with Crippen molar-refractivity contribution in [1.82, 2.24) is 19.4 Å². The minimum Gasteiger partial charge on any atom is -0.393 e. The molecule has 1 N–H and O–H groups in total. The van der Waals surface area contributed by atoms with E-state index in [0.29, 0.717) is 17.9 Å². The van der Waals surface area contributed by atoms with Crippen LogP contribution >= 0.6 is 0 Å². The van der Waals surface area contributed by atoms with Crippen LogP contribution < -0.4 is 0 Å². The molecule has 0 bridgehead atoms. The summed E-state index contributed by atoms with van der Waals surface area (Å²) in [6.07, 6.45) is 8.28. The van der Waals surface area contributed by atoms with Crippen molar-refractivity contribution < 1.29 is 9.90 Å². The molecular weight excluding hydrogens is 280 g/mol. The van der Waals surface area contributed by atoms with Crippen molar-refractivity contribution in [3.63, 3.8) is 0 Å². The summed E-state index contributed by atoms with van der Waals surface area (Å²) in [6.45, 7) is 3.15. The minimum atomic E-state index is -0.380. The third-order valence-corrected chi connectivity index (χ3v) is 4.19. The molecule has 0 radical (unpaired) electrons. The van der Waals surface area contributed by atoms with Gasteiger partial charge >= 0.3 is 0 Å². The number of aliphatic hydroxyl groups excluding tert-OH is 1. The lowest BCUT2D eigenvalue weighted by atomic mass is 9.93. The first-order chi connectivity index (χ1) is 10.6. The van der Waals surface area contributed by atoms with Crippen LogP contribution in [-0.4, -0.2) is 49.6 Å². The fourth-order valence-electron chi connectivity index (χ4n) is 2.86. The Bertz CT molecular complexity index is 639. The number of hydrogen-bond acceptors (Lipinski definition) is 4. The second-order valence-corrected chi connectivity index (χ2v) is 5.77. The Hall–Kier alpha value is -2.21. The first-order valence-corrected chi connectivity index (χ1v) is 7.57. The number of rotatable bonds is 3. The Morgan fingerprint density at radius 1 is 1.45 bits per heavy atom. The largest absolute Gasteiger partial charge is 0.393 e. The Morgan fingerprint density at radius 2 is 2.32 bits per heavy atom. The topological polar surface area (TPSA) is 71.2 Å². The molecule has 22 heavy (non-hydrogen) atoms. The van der Waals surface area contributed by atoms with Crippen LogP contribution in [0, 0.1) is 5.92 Å². The molecule has 0 aliphatic carbocycles. The summed E-state index contributed by atoms with van der Waals surface area (Å²) in [5.41, 5.74) is 0.616. The van der Waals surface area contributed by atoms with Gasteiger partial charge in [-0.1, -0.05) is 0 Å². The van der Waals surface area contributed by atoms with Gasteiger partial charge in [0, 0.05) is 43.2 Å². The highest BCUT2D eigenvalue weighted by Crippen LogP contribution is 2.21. The van der Waals surface area contributed by atoms with E-state index in [4.69, 9.17) is 0 Å². The Kier molecular flexibility index (Phi) is 4.20. The zero-order chi connectivity index (χ0) is 15.5. The molecule has 2 aromatic heterocycles. The van der Waals surface area contributed by atoms with Crippen LogP contribution in [0.3, 0.4) is 0 Å². The van der Waals surface area contributed by atoms with Crippen molar-refractivity contribution in [3.8, 4) is 5.82 Å². The lowest BCUT2D eigenvalue weighted by Gasteiger charge is -2.34. The Morgan fingerprint density at radius 3 is 3.05 bits per heavy atom. The van der Waals surface area contributed by atoms with E-state index in [1.165, 1.54) is 0 Å². The van der Waals surface area contributed by atoms with Crippen molar-refractivity contribution in [2.75, 3.05) is 13.1 Å². The van der Waals surface area contributed by atoms with E-state index < -0.39 is 0 Å². The second-order valence-electron chi connectivity index (χ2n) is 5.77. The van der Waals surface area contributed by atoms with Crippen molar-refractivity contribution in [2.45, 2.75) is 25.9 Å². The maximum absolute atomic E-state index is 12.7. The lowest BCUT2D eigenvalue weighted by Crippen LogP contribution is -2.43. The monoisotopic (exact) mass is 300 g/mol. The van der Waals surface area contributed by atoms with Crippen LogP contribution in [0.4, 0.5) is 0 Å². The third-order valence-electron chi connectivity index (χ3n) is 4.19. The maximum atomic E-state index is 12.7. The van der Waals surface area contributed by atoms with Gasteiger partial charge in [0.25, 0.3) is 5.91 Å². The SMILES string of the molecule is CC(O)C1CCCN(C(=O)c2ccnc(-n3ccnc3)c2)C1. The molecule has 116 valence electrons. The highest BCUT2D eigenvalue weighted by molar-refractivity contribution is 5.94. The number of pyridine rings is 1. The number of hydrogen-bond donors (Lipinski definition) is 1. The molecule has 1 aliphatic heterocycles. The van der Waals surface area contributed by atoms with E-state index >= 15 is 0 Å². The molecule has 2 unspecified atom stereocenters. The van der Waals surface area contributed by atoms with Gasteiger partial charge in [-0.05, 0) is 31.9 Å². The predicted molar refractivity (Wildman–Crippen MR) is 81.7 cm³/mol. The quantitative estimate of drug-likeness (QED) is 0.932. The first-order valence-electron chi connectivity index (χ1n) is 7.57. The molecule has 6 heteroatoms. The molecule has 1 saturated heterocycles. The zero-order valence-electron chi connectivity index (χ0n) is 12.6. The van der Waals surface area contributed by atoms with Crippen molar-refractivity contribution in [1.29, 1.82) is 0 Å². The van der Waals surface area contributed by atoms with E-state index in [-0.39, 0.29) is 17.9 Å². The van der Waals surface area contributed by atoms with Crippen LogP contribution in [0.15, 0.2) is 37.1 Å². The molecule has 6 nitrogen and oxygen atoms in total. The summed E-state index contributed by atoms with van der Waals surface area (Å²) in [5, 5.41) is 9.76. The summed E-state index contributed by atoms with van der Waals surface area (Å²) in [7, 11) is 0. The van der Waals surface area contributed by atoms with Crippen molar-refractivity contribution >= 4 is 5.91 Å². The van der Waals surface area contributed by atoms with E-state index in [1.54, 1.807) is 48.5 Å². The fraction of sp³-hybridized carbons (Fsp3) is 0.438. The van der Waals surface area contributed by atoms with Gasteiger partial charge in [-0.25, -0.2) is 9.97 Å². The fourth-order valence-corrected chi connectivity index (χ4v) is 2.86. The van der Waals surface area contributed by atoms with Crippen LogP contribution in [0.25, 0.3) is 5.82 Å². The average Bonchev–Trinajstić information content (AvgIpc) is 3.09.